The molecule has 1 aromatic heterocycles. The van der Waals surface area contributed by atoms with E-state index in [0.717, 1.165) is 37.3 Å². The van der Waals surface area contributed by atoms with Crippen LogP contribution in [0.3, 0.4) is 0 Å². The van der Waals surface area contributed by atoms with E-state index in [4.69, 9.17) is 5.73 Å². The minimum absolute atomic E-state index is 0.762. The van der Waals surface area contributed by atoms with E-state index >= 15 is 0 Å². The predicted octanol–water partition coefficient (Wildman–Crippen LogP) is 2.60. The van der Waals surface area contributed by atoms with Gasteiger partial charge in [0.25, 0.3) is 0 Å². The Kier molecular flexibility index (Phi) is 4.79. The van der Waals surface area contributed by atoms with Crippen molar-refractivity contribution >= 4 is 22.3 Å². The van der Waals surface area contributed by atoms with Gasteiger partial charge in [-0.15, -0.1) is 0 Å². The number of rotatable bonds is 6. The lowest BCUT2D eigenvalue weighted by Gasteiger charge is -2.25. The van der Waals surface area contributed by atoms with Crippen LogP contribution in [0.4, 0.5) is 11.4 Å². The Morgan fingerprint density at radius 2 is 1.95 bits per heavy atom. The SMILES string of the molecule is CCN(CCCN(C)C)c1ccnc2cc(N)ccc12. The normalized spacial score (nSPS) is 11.2. The van der Waals surface area contributed by atoms with Gasteiger partial charge in [-0.2, -0.15) is 0 Å². The zero-order valence-electron chi connectivity index (χ0n) is 12.6. The second kappa shape index (κ2) is 6.57. The first kappa shape index (κ1) is 14.6. The van der Waals surface area contributed by atoms with Gasteiger partial charge >= 0.3 is 0 Å². The molecule has 2 N–H and O–H groups in total. The number of hydrogen-bond donors (Lipinski definition) is 1. The highest BCUT2D eigenvalue weighted by molar-refractivity contribution is 5.93. The molecule has 0 atom stereocenters. The van der Waals surface area contributed by atoms with E-state index in [2.05, 4.69) is 47.9 Å². The van der Waals surface area contributed by atoms with E-state index in [-0.39, 0.29) is 0 Å². The largest absolute Gasteiger partial charge is 0.399 e. The third kappa shape index (κ3) is 3.39. The molecule has 0 aliphatic rings. The van der Waals surface area contributed by atoms with Crippen LogP contribution >= 0.6 is 0 Å². The van der Waals surface area contributed by atoms with Crippen LogP contribution in [0, 0.1) is 0 Å². The molecule has 108 valence electrons. The van der Waals surface area contributed by atoms with Crippen molar-refractivity contribution in [3.05, 3.63) is 30.5 Å². The van der Waals surface area contributed by atoms with E-state index in [1.165, 1.54) is 11.1 Å². The minimum Gasteiger partial charge on any atom is -0.399 e. The summed E-state index contributed by atoms with van der Waals surface area (Å²) in [6.45, 7) is 5.35. The number of nitrogens with zero attached hydrogens (tertiary/aromatic N) is 3. The predicted molar refractivity (Wildman–Crippen MR) is 87.2 cm³/mol. The van der Waals surface area contributed by atoms with E-state index in [0.29, 0.717) is 0 Å². The fourth-order valence-corrected chi connectivity index (χ4v) is 2.45. The molecule has 0 aliphatic heterocycles. The van der Waals surface area contributed by atoms with Crippen molar-refractivity contribution in [3.8, 4) is 0 Å². The molecule has 0 bridgehead atoms. The number of pyridine rings is 1. The van der Waals surface area contributed by atoms with Crippen LogP contribution in [0.1, 0.15) is 13.3 Å². The van der Waals surface area contributed by atoms with Gasteiger partial charge in [-0.1, -0.05) is 0 Å². The van der Waals surface area contributed by atoms with Crippen LogP contribution < -0.4 is 10.6 Å². The van der Waals surface area contributed by atoms with Gasteiger partial charge in [0.15, 0.2) is 0 Å². The first-order valence-corrected chi connectivity index (χ1v) is 7.15. The fraction of sp³-hybridized carbons (Fsp3) is 0.438. The molecule has 0 radical (unpaired) electrons. The van der Waals surface area contributed by atoms with Crippen molar-refractivity contribution in [1.82, 2.24) is 9.88 Å². The molecule has 0 amide bonds. The monoisotopic (exact) mass is 272 g/mol. The average molecular weight is 272 g/mol. The highest BCUT2D eigenvalue weighted by Crippen LogP contribution is 2.26. The number of nitrogen functional groups attached to an aromatic ring is 1. The molecular weight excluding hydrogens is 248 g/mol. The molecule has 0 saturated carbocycles. The standard InChI is InChI=1S/C16H24N4/c1-4-20(11-5-10-19(2)3)16-8-9-18-15-12-13(17)6-7-14(15)16/h6-9,12H,4-5,10-11,17H2,1-3H3. The molecular formula is C16H24N4. The van der Waals surface area contributed by atoms with Crippen LogP contribution in [0.2, 0.25) is 0 Å². The molecule has 20 heavy (non-hydrogen) atoms. The first-order valence-electron chi connectivity index (χ1n) is 7.15. The second-order valence-corrected chi connectivity index (χ2v) is 5.34. The lowest BCUT2D eigenvalue weighted by atomic mass is 10.1. The van der Waals surface area contributed by atoms with Gasteiger partial charge in [0, 0.05) is 36.0 Å². The van der Waals surface area contributed by atoms with Crippen molar-refractivity contribution in [2.45, 2.75) is 13.3 Å². The molecule has 1 heterocycles. The van der Waals surface area contributed by atoms with Gasteiger partial charge < -0.3 is 15.5 Å². The summed E-state index contributed by atoms with van der Waals surface area (Å²) in [7, 11) is 4.22. The van der Waals surface area contributed by atoms with Gasteiger partial charge in [0.2, 0.25) is 0 Å². The Balaban J connectivity index is 2.25. The smallest absolute Gasteiger partial charge is 0.0743 e. The van der Waals surface area contributed by atoms with Gasteiger partial charge in [0.05, 0.1) is 5.52 Å². The topological polar surface area (TPSA) is 45.4 Å². The number of benzene rings is 1. The molecule has 1 aromatic carbocycles. The van der Waals surface area contributed by atoms with E-state index < -0.39 is 0 Å². The van der Waals surface area contributed by atoms with Crippen molar-refractivity contribution in [2.75, 3.05) is 44.4 Å². The number of nitrogens with two attached hydrogens (primary N) is 1. The molecule has 4 heteroatoms. The lowest BCUT2D eigenvalue weighted by Crippen LogP contribution is -2.27. The van der Waals surface area contributed by atoms with Crippen molar-refractivity contribution < 1.29 is 0 Å². The zero-order valence-corrected chi connectivity index (χ0v) is 12.6. The van der Waals surface area contributed by atoms with Crippen LogP contribution in [0.15, 0.2) is 30.5 Å². The van der Waals surface area contributed by atoms with Gasteiger partial charge in [-0.25, -0.2) is 0 Å². The maximum atomic E-state index is 5.84. The maximum absolute atomic E-state index is 5.84. The highest BCUT2D eigenvalue weighted by atomic mass is 15.1. The molecule has 2 aromatic rings. The molecule has 2 rings (SSSR count). The summed E-state index contributed by atoms with van der Waals surface area (Å²) in [5.74, 6) is 0. The Labute approximate surface area is 121 Å². The van der Waals surface area contributed by atoms with Crippen molar-refractivity contribution in [3.63, 3.8) is 0 Å². The molecule has 0 unspecified atom stereocenters. The van der Waals surface area contributed by atoms with Crippen molar-refractivity contribution in [2.24, 2.45) is 0 Å². The Hall–Kier alpha value is -1.81. The van der Waals surface area contributed by atoms with Gasteiger partial charge in [-0.05, 0) is 58.3 Å². The Bertz CT molecular complexity index is 565. The highest BCUT2D eigenvalue weighted by Gasteiger charge is 2.09. The summed E-state index contributed by atoms with van der Waals surface area (Å²) in [6.07, 6.45) is 3.02. The van der Waals surface area contributed by atoms with E-state index in [1.807, 2.05) is 18.3 Å². The number of anilines is 2. The van der Waals surface area contributed by atoms with E-state index in [1.54, 1.807) is 0 Å². The third-order valence-electron chi connectivity index (χ3n) is 3.50. The minimum atomic E-state index is 0.762. The van der Waals surface area contributed by atoms with Crippen LogP contribution in [0.5, 0.6) is 0 Å². The third-order valence-corrected chi connectivity index (χ3v) is 3.50. The number of fused-ring (bicyclic) bond motifs is 1. The molecule has 0 aliphatic carbocycles. The fourth-order valence-electron chi connectivity index (χ4n) is 2.45. The molecule has 4 nitrogen and oxygen atoms in total. The average Bonchev–Trinajstić information content (AvgIpc) is 2.42. The van der Waals surface area contributed by atoms with Crippen LogP contribution in [-0.2, 0) is 0 Å². The summed E-state index contributed by atoms with van der Waals surface area (Å²) < 4.78 is 0. The lowest BCUT2D eigenvalue weighted by molar-refractivity contribution is 0.401. The second-order valence-electron chi connectivity index (χ2n) is 5.34. The van der Waals surface area contributed by atoms with Crippen LogP contribution in [-0.4, -0.2) is 43.6 Å². The summed E-state index contributed by atoms with van der Waals surface area (Å²) in [5, 5.41) is 1.17. The van der Waals surface area contributed by atoms with E-state index in [9.17, 15) is 0 Å². The quantitative estimate of drug-likeness (QED) is 0.821. The Morgan fingerprint density at radius 3 is 2.65 bits per heavy atom. The van der Waals surface area contributed by atoms with Gasteiger partial charge in [0.1, 0.15) is 0 Å². The summed E-state index contributed by atoms with van der Waals surface area (Å²) >= 11 is 0. The molecule has 0 fully saturated rings. The van der Waals surface area contributed by atoms with Crippen molar-refractivity contribution in [1.29, 1.82) is 0 Å². The summed E-state index contributed by atoms with van der Waals surface area (Å²) in [4.78, 5) is 9.04. The number of aromatic nitrogens is 1. The molecule has 0 saturated heterocycles. The molecule has 0 spiro atoms. The van der Waals surface area contributed by atoms with Gasteiger partial charge in [-0.3, -0.25) is 4.98 Å². The first-order chi connectivity index (χ1) is 9.61. The zero-order chi connectivity index (χ0) is 14.5. The summed E-state index contributed by atoms with van der Waals surface area (Å²) in [5.41, 5.74) is 8.81. The Morgan fingerprint density at radius 1 is 1.15 bits per heavy atom. The van der Waals surface area contributed by atoms with Crippen LogP contribution in [0.25, 0.3) is 10.9 Å². The maximum Gasteiger partial charge on any atom is 0.0743 e. The number of hydrogen-bond acceptors (Lipinski definition) is 4. The summed E-state index contributed by atoms with van der Waals surface area (Å²) in [6, 6.07) is 8.05.